The molecule has 0 radical (unpaired) electrons. The van der Waals surface area contributed by atoms with Gasteiger partial charge in [-0.25, -0.2) is 4.98 Å². The maximum atomic E-state index is 12.1. The van der Waals surface area contributed by atoms with Crippen LogP contribution in [0.2, 0.25) is 10.2 Å². The predicted octanol–water partition coefficient (Wildman–Crippen LogP) is 4.16. The summed E-state index contributed by atoms with van der Waals surface area (Å²) in [6.45, 7) is 5.46. The van der Waals surface area contributed by atoms with Gasteiger partial charge in [-0.2, -0.15) is 0 Å². The first-order chi connectivity index (χ1) is 12.0. The van der Waals surface area contributed by atoms with Crippen molar-refractivity contribution in [2.75, 3.05) is 19.8 Å². The standard InChI is InChI=1S/C18H20Cl2N2O3/c1-3-24-15-6-5-12(9-16(15)25-4-2)7-8-21-18(23)13-10-14(19)17(20)22-11-13/h5-6,9-11H,3-4,7-8H2,1-2H3,(H,21,23). The number of hydrogen-bond donors (Lipinski definition) is 1. The van der Waals surface area contributed by atoms with Gasteiger partial charge in [0.05, 0.1) is 23.8 Å². The average Bonchev–Trinajstić information content (AvgIpc) is 2.60. The van der Waals surface area contributed by atoms with Gasteiger partial charge in [0.1, 0.15) is 5.15 Å². The van der Waals surface area contributed by atoms with Gasteiger partial charge >= 0.3 is 0 Å². The first-order valence-electron chi connectivity index (χ1n) is 8.02. The minimum Gasteiger partial charge on any atom is -0.490 e. The molecule has 0 fully saturated rings. The maximum Gasteiger partial charge on any atom is 0.252 e. The van der Waals surface area contributed by atoms with Gasteiger partial charge in [0.15, 0.2) is 11.5 Å². The van der Waals surface area contributed by atoms with Gasteiger partial charge in [-0.15, -0.1) is 0 Å². The summed E-state index contributed by atoms with van der Waals surface area (Å²) in [6, 6.07) is 7.27. The van der Waals surface area contributed by atoms with Crippen LogP contribution >= 0.6 is 23.2 Å². The van der Waals surface area contributed by atoms with Gasteiger partial charge in [-0.3, -0.25) is 4.79 Å². The summed E-state index contributed by atoms with van der Waals surface area (Å²) in [5, 5.41) is 3.26. The van der Waals surface area contributed by atoms with E-state index in [9.17, 15) is 4.79 Å². The molecule has 1 aromatic carbocycles. The number of ether oxygens (including phenoxy) is 2. The van der Waals surface area contributed by atoms with Crippen molar-refractivity contribution in [2.24, 2.45) is 0 Å². The number of nitrogens with one attached hydrogen (secondary N) is 1. The fraction of sp³-hybridized carbons (Fsp3) is 0.333. The second-order valence-electron chi connectivity index (χ2n) is 5.15. The first-order valence-corrected chi connectivity index (χ1v) is 8.78. The third-order valence-electron chi connectivity index (χ3n) is 3.37. The third-order valence-corrected chi connectivity index (χ3v) is 4.05. The molecule has 0 aliphatic heterocycles. The van der Waals surface area contributed by atoms with Crippen LogP contribution in [0, 0.1) is 0 Å². The topological polar surface area (TPSA) is 60.5 Å². The highest BCUT2D eigenvalue weighted by molar-refractivity contribution is 6.41. The molecule has 0 spiro atoms. The van der Waals surface area contributed by atoms with Gasteiger partial charge in [-0.05, 0) is 44.0 Å². The molecule has 5 nitrogen and oxygen atoms in total. The van der Waals surface area contributed by atoms with E-state index in [-0.39, 0.29) is 16.1 Å². The second-order valence-corrected chi connectivity index (χ2v) is 5.91. The summed E-state index contributed by atoms with van der Waals surface area (Å²) in [6.07, 6.45) is 2.06. The number of benzene rings is 1. The lowest BCUT2D eigenvalue weighted by Gasteiger charge is -2.12. The molecule has 0 aliphatic rings. The predicted molar refractivity (Wildman–Crippen MR) is 99.1 cm³/mol. The molecule has 134 valence electrons. The van der Waals surface area contributed by atoms with Crippen LogP contribution in [0.3, 0.4) is 0 Å². The van der Waals surface area contributed by atoms with E-state index in [1.165, 1.54) is 12.3 Å². The third kappa shape index (κ3) is 5.51. The van der Waals surface area contributed by atoms with Crippen LogP contribution in [0.1, 0.15) is 29.8 Å². The Morgan fingerprint density at radius 3 is 2.52 bits per heavy atom. The molecule has 2 aromatic rings. The average molecular weight is 383 g/mol. The Morgan fingerprint density at radius 1 is 1.12 bits per heavy atom. The van der Waals surface area contributed by atoms with Crippen molar-refractivity contribution in [1.29, 1.82) is 0 Å². The summed E-state index contributed by atoms with van der Waals surface area (Å²) < 4.78 is 11.1. The van der Waals surface area contributed by atoms with Crippen molar-refractivity contribution in [3.63, 3.8) is 0 Å². The van der Waals surface area contributed by atoms with Crippen LogP contribution in [-0.2, 0) is 6.42 Å². The van der Waals surface area contributed by atoms with Gasteiger partial charge < -0.3 is 14.8 Å². The quantitative estimate of drug-likeness (QED) is 0.696. The number of hydrogen-bond acceptors (Lipinski definition) is 4. The van der Waals surface area contributed by atoms with Crippen LogP contribution in [0.15, 0.2) is 30.5 Å². The van der Waals surface area contributed by atoms with Crippen LogP contribution < -0.4 is 14.8 Å². The number of amides is 1. The molecule has 1 N–H and O–H groups in total. The minimum atomic E-state index is -0.248. The molecule has 1 aromatic heterocycles. The number of aromatic nitrogens is 1. The Labute approximate surface area is 157 Å². The molecule has 2 rings (SSSR count). The molecule has 0 bridgehead atoms. The Morgan fingerprint density at radius 2 is 1.84 bits per heavy atom. The molecule has 1 heterocycles. The SMILES string of the molecule is CCOc1ccc(CCNC(=O)c2cnc(Cl)c(Cl)c2)cc1OCC. The number of pyridine rings is 1. The lowest BCUT2D eigenvalue weighted by atomic mass is 10.1. The molecule has 7 heteroatoms. The van der Waals surface area contributed by atoms with Crippen molar-refractivity contribution >= 4 is 29.1 Å². The fourth-order valence-corrected chi connectivity index (χ4v) is 2.49. The molecule has 0 atom stereocenters. The summed E-state index contributed by atoms with van der Waals surface area (Å²) in [7, 11) is 0. The van der Waals surface area contributed by atoms with E-state index in [0.29, 0.717) is 37.5 Å². The Hall–Kier alpha value is -1.98. The molecule has 0 aliphatic carbocycles. The van der Waals surface area contributed by atoms with Gasteiger partial charge in [0, 0.05) is 12.7 Å². The van der Waals surface area contributed by atoms with E-state index in [2.05, 4.69) is 10.3 Å². The van der Waals surface area contributed by atoms with E-state index in [1.54, 1.807) is 0 Å². The van der Waals surface area contributed by atoms with Crippen LogP contribution in [-0.4, -0.2) is 30.6 Å². The molecule has 25 heavy (non-hydrogen) atoms. The monoisotopic (exact) mass is 382 g/mol. The van der Waals surface area contributed by atoms with Crippen molar-refractivity contribution in [3.05, 3.63) is 51.8 Å². The maximum absolute atomic E-state index is 12.1. The lowest BCUT2D eigenvalue weighted by Crippen LogP contribution is -2.25. The molecule has 1 amide bonds. The minimum absolute atomic E-state index is 0.177. The summed E-state index contributed by atoms with van der Waals surface area (Å²) in [4.78, 5) is 16.0. The van der Waals surface area contributed by atoms with Crippen molar-refractivity contribution in [1.82, 2.24) is 10.3 Å². The van der Waals surface area contributed by atoms with E-state index in [0.717, 1.165) is 11.3 Å². The highest BCUT2D eigenvalue weighted by Gasteiger charge is 2.10. The van der Waals surface area contributed by atoms with Gasteiger partial charge in [0.25, 0.3) is 5.91 Å². The number of rotatable bonds is 8. The smallest absolute Gasteiger partial charge is 0.252 e. The van der Waals surface area contributed by atoms with Crippen LogP contribution in [0.4, 0.5) is 0 Å². The van der Waals surface area contributed by atoms with Crippen molar-refractivity contribution in [3.8, 4) is 11.5 Å². The summed E-state index contributed by atoms with van der Waals surface area (Å²) in [5.74, 6) is 1.18. The van der Waals surface area contributed by atoms with Crippen LogP contribution in [0.25, 0.3) is 0 Å². The van der Waals surface area contributed by atoms with Gasteiger partial charge in [0.2, 0.25) is 0 Å². The first kappa shape index (κ1) is 19.3. The number of carbonyl (C=O) groups is 1. The molecular formula is C18H20Cl2N2O3. The summed E-state index contributed by atoms with van der Waals surface area (Å²) in [5.41, 5.74) is 1.41. The summed E-state index contributed by atoms with van der Waals surface area (Å²) >= 11 is 11.6. The fourth-order valence-electron chi connectivity index (χ4n) is 2.22. The largest absolute Gasteiger partial charge is 0.490 e. The van der Waals surface area contributed by atoms with Crippen LogP contribution in [0.5, 0.6) is 11.5 Å². The lowest BCUT2D eigenvalue weighted by molar-refractivity contribution is 0.0954. The van der Waals surface area contributed by atoms with E-state index in [1.807, 2.05) is 32.0 Å². The van der Waals surface area contributed by atoms with Crippen molar-refractivity contribution in [2.45, 2.75) is 20.3 Å². The van der Waals surface area contributed by atoms with Crippen molar-refractivity contribution < 1.29 is 14.3 Å². The zero-order chi connectivity index (χ0) is 18.2. The zero-order valence-electron chi connectivity index (χ0n) is 14.1. The Kier molecular flexibility index (Phi) is 7.34. The van der Waals surface area contributed by atoms with E-state index >= 15 is 0 Å². The Bertz CT molecular complexity index is 738. The highest BCUT2D eigenvalue weighted by atomic mass is 35.5. The Balaban J connectivity index is 1.95. The van der Waals surface area contributed by atoms with Gasteiger partial charge in [-0.1, -0.05) is 29.3 Å². The number of halogens is 2. The number of carbonyl (C=O) groups excluding carboxylic acids is 1. The molecular weight excluding hydrogens is 363 g/mol. The highest BCUT2D eigenvalue weighted by Crippen LogP contribution is 2.28. The molecule has 0 saturated carbocycles. The normalized spacial score (nSPS) is 10.4. The number of nitrogens with zero attached hydrogens (tertiary/aromatic N) is 1. The molecule has 0 saturated heterocycles. The van der Waals surface area contributed by atoms with E-state index < -0.39 is 0 Å². The second kappa shape index (κ2) is 9.49. The van der Waals surface area contributed by atoms with E-state index in [4.69, 9.17) is 32.7 Å². The molecule has 0 unspecified atom stereocenters. The zero-order valence-corrected chi connectivity index (χ0v) is 15.7.